The van der Waals surface area contributed by atoms with Crippen molar-refractivity contribution < 1.29 is 19.1 Å². The lowest BCUT2D eigenvalue weighted by Crippen LogP contribution is -2.28. The summed E-state index contributed by atoms with van der Waals surface area (Å²) in [5.41, 5.74) is 2.44. The summed E-state index contributed by atoms with van der Waals surface area (Å²) in [7, 11) is 0. The molecule has 0 radical (unpaired) electrons. The number of benzene rings is 1. The van der Waals surface area contributed by atoms with Crippen LogP contribution in [-0.4, -0.2) is 36.6 Å². The fourth-order valence-electron chi connectivity index (χ4n) is 2.13. The highest BCUT2D eigenvalue weighted by atomic mass is 16.6. The van der Waals surface area contributed by atoms with Gasteiger partial charge >= 0.3 is 5.97 Å². The van der Waals surface area contributed by atoms with Gasteiger partial charge in [0.15, 0.2) is 6.61 Å². The number of amides is 1. The van der Waals surface area contributed by atoms with Crippen molar-refractivity contribution in [1.29, 1.82) is 0 Å². The SMILES string of the molecule is Cc1cccc(C)c1OCC(=O)OCCNC(=O)c1ccncc1. The molecule has 2 rings (SSSR count). The summed E-state index contributed by atoms with van der Waals surface area (Å²) in [5, 5.41) is 2.66. The molecule has 0 saturated carbocycles. The van der Waals surface area contributed by atoms with E-state index in [0.29, 0.717) is 11.3 Å². The van der Waals surface area contributed by atoms with Crippen molar-refractivity contribution in [3.63, 3.8) is 0 Å². The average Bonchev–Trinajstić information content (AvgIpc) is 2.59. The van der Waals surface area contributed by atoms with Gasteiger partial charge in [-0.3, -0.25) is 9.78 Å². The van der Waals surface area contributed by atoms with E-state index in [4.69, 9.17) is 9.47 Å². The Morgan fingerprint density at radius 1 is 1.08 bits per heavy atom. The van der Waals surface area contributed by atoms with Crippen molar-refractivity contribution in [2.45, 2.75) is 13.8 Å². The number of carbonyl (C=O) groups is 2. The van der Waals surface area contributed by atoms with E-state index in [9.17, 15) is 9.59 Å². The number of rotatable bonds is 7. The fraction of sp³-hybridized carbons (Fsp3) is 0.278. The van der Waals surface area contributed by atoms with Gasteiger partial charge in [-0.25, -0.2) is 4.79 Å². The maximum Gasteiger partial charge on any atom is 0.344 e. The van der Waals surface area contributed by atoms with Crippen LogP contribution in [-0.2, 0) is 9.53 Å². The molecular weight excluding hydrogens is 308 g/mol. The molecule has 1 N–H and O–H groups in total. The highest BCUT2D eigenvalue weighted by Crippen LogP contribution is 2.22. The fourth-order valence-corrected chi connectivity index (χ4v) is 2.13. The zero-order valence-corrected chi connectivity index (χ0v) is 13.7. The van der Waals surface area contributed by atoms with Gasteiger partial charge in [0.1, 0.15) is 12.4 Å². The van der Waals surface area contributed by atoms with Gasteiger partial charge in [0.25, 0.3) is 5.91 Å². The number of aryl methyl sites for hydroxylation is 2. The van der Waals surface area contributed by atoms with Crippen LogP contribution in [0.25, 0.3) is 0 Å². The molecule has 0 aliphatic heterocycles. The number of para-hydroxylation sites is 1. The molecule has 0 unspecified atom stereocenters. The van der Waals surface area contributed by atoms with Gasteiger partial charge < -0.3 is 14.8 Å². The molecule has 1 amide bonds. The molecule has 24 heavy (non-hydrogen) atoms. The summed E-state index contributed by atoms with van der Waals surface area (Å²) in [6.45, 7) is 4.00. The number of hydrogen-bond acceptors (Lipinski definition) is 5. The Bertz CT molecular complexity index is 681. The molecule has 0 aliphatic rings. The molecule has 1 heterocycles. The van der Waals surface area contributed by atoms with Crippen LogP contribution >= 0.6 is 0 Å². The smallest absolute Gasteiger partial charge is 0.344 e. The van der Waals surface area contributed by atoms with E-state index in [1.807, 2.05) is 32.0 Å². The number of hydrogen-bond donors (Lipinski definition) is 1. The lowest BCUT2D eigenvalue weighted by Gasteiger charge is -2.11. The Morgan fingerprint density at radius 2 is 1.75 bits per heavy atom. The van der Waals surface area contributed by atoms with Crippen LogP contribution in [0.1, 0.15) is 21.5 Å². The van der Waals surface area contributed by atoms with Crippen molar-refractivity contribution in [2.24, 2.45) is 0 Å². The predicted octanol–water partition coefficient (Wildman–Crippen LogP) is 2.05. The van der Waals surface area contributed by atoms with E-state index in [1.165, 1.54) is 0 Å². The quantitative estimate of drug-likeness (QED) is 0.622. The van der Waals surface area contributed by atoms with Gasteiger partial charge in [0, 0.05) is 18.0 Å². The highest BCUT2D eigenvalue weighted by molar-refractivity contribution is 5.93. The minimum atomic E-state index is -0.476. The third-order valence-electron chi connectivity index (χ3n) is 3.34. The Balaban J connectivity index is 1.68. The second-order valence-corrected chi connectivity index (χ2v) is 5.22. The summed E-state index contributed by atoms with van der Waals surface area (Å²) >= 11 is 0. The minimum absolute atomic E-state index is 0.0891. The van der Waals surface area contributed by atoms with E-state index in [0.717, 1.165) is 11.1 Å². The first kappa shape index (κ1) is 17.5. The average molecular weight is 328 g/mol. The third kappa shape index (κ3) is 5.08. The lowest BCUT2D eigenvalue weighted by atomic mass is 10.1. The van der Waals surface area contributed by atoms with Crippen molar-refractivity contribution in [1.82, 2.24) is 10.3 Å². The highest BCUT2D eigenvalue weighted by Gasteiger charge is 2.09. The van der Waals surface area contributed by atoms with Crippen LogP contribution in [0, 0.1) is 13.8 Å². The summed E-state index contributed by atoms with van der Waals surface area (Å²) in [6.07, 6.45) is 3.08. The van der Waals surface area contributed by atoms with Gasteiger partial charge in [-0.05, 0) is 37.1 Å². The van der Waals surface area contributed by atoms with Crippen LogP contribution < -0.4 is 10.1 Å². The van der Waals surface area contributed by atoms with E-state index in [-0.39, 0.29) is 25.7 Å². The first-order valence-electron chi connectivity index (χ1n) is 7.61. The maximum absolute atomic E-state index is 11.8. The van der Waals surface area contributed by atoms with Gasteiger partial charge in [-0.15, -0.1) is 0 Å². The summed E-state index contributed by atoms with van der Waals surface area (Å²) in [6, 6.07) is 8.99. The Labute approximate surface area is 140 Å². The van der Waals surface area contributed by atoms with Crippen LogP contribution in [0.4, 0.5) is 0 Å². The van der Waals surface area contributed by atoms with Gasteiger partial charge in [-0.1, -0.05) is 18.2 Å². The summed E-state index contributed by atoms with van der Waals surface area (Å²) in [5.74, 6) is -0.0171. The number of carbonyl (C=O) groups excluding carboxylic acids is 2. The normalized spacial score (nSPS) is 10.1. The zero-order valence-electron chi connectivity index (χ0n) is 13.7. The Morgan fingerprint density at radius 3 is 2.42 bits per heavy atom. The molecule has 6 nitrogen and oxygen atoms in total. The molecule has 1 aromatic heterocycles. The molecule has 0 fully saturated rings. The van der Waals surface area contributed by atoms with Gasteiger partial charge in [0.2, 0.25) is 0 Å². The van der Waals surface area contributed by atoms with Crippen molar-refractivity contribution in [3.8, 4) is 5.75 Å². The Hall–Kier alpha value is -2.89. The van der Waals surface area contributed by atoms with E-state index in [1.54, 1.807) is 24.5 Å². The topological polar surface area (TPSA) is 77.5 Å². The summed E-state index contributed by atoms with van der Waals surface area (Å²) in [4.78, 5) is 27.3. The van der Waals surface area contributed by atoms with Crippen LogP contribution in [0.15, 0.2) is 42.7 Å². The molecule has 2 aromatic rings. The summed E-state index contributed by atoms with van der Waals surface area (Å²) < 4.78 is 10.5. The van der Waals surface area contributed by atoms with Gasteiger partial charge in [-0.2, -0.15) is 0 Å². The predicted molar refractivity (Wildman–Crippen MR) is 88.9 cm³/mol. The second kappa shape index (κ2) is 8.67. The Kier molecular flexibility index (Phi) is 6.31. The maximum atomic E-state index is 11.8. The second-order valence-electron chi connectivity index (χ2n) is 5.22. The van der Waals surface area contributed by atoms with E-state index >= 15 is 0 Å². The molecule has 6 heteroatoms. The minimum Gasteiger partial charge on any atom is -0.481 e. The van der Waals surface area contributed by atoms with Crippen LogP contribution in [0.3, 0.4) is 0 Å². The van der Waals surface area contributed by atoms with Crippen LogP contribution in [0.5, 0.6) is 5.75 Å². The number of nitrogens with zero attached hydrogens (tertiary/aromatic N) is 1. The van der Waals surface area contributed by atoms with E-state index < -0.39 is 5.97 Å². The number of aromatic nitrogens is 1. The largest absolute Gasteiger partial charge is 0.481 e. The standard InChI is InChI=1S/C18H20N2O4/c1-13-4-3-5-14(2)17(13)24-12-16(21)23-11-10-20-18(22)15-6-8-19-9-7-15/h3-9H,10-12H2,1-2H3,(H,20,22). The third-order valence-corrected chi connectivity index (χ3v) is 3.34. The zero-order chi connectivity index (χ0) is 17.4. The van der Waals surface area contributed by atoms with Crippen molar-refractivity contribution in [2.75, 3.05) is 19.8 Å². The number of ether oxygens (including phenoxy) is 2. The molecular formula is C18H20N2O4. The number of nitrogens with one attached hydrogen (secondary N) is 1. The van der Waals surface area contributed by atoms with Crippen LogP contribution in [0.2, 0.25) is 0 Å². The molecule has 0 bridgehead atoms. The van der Waals surface area contributed by atoms with Gasteiger partial charge in [0.05, 0.1) is 6.54 Å². The van der Waals surface area contributed by atoms with Crippen molar-refractivity contribution >= 4 is 11.9 Å². The first-order chi connectivity index (χ1) is 11.6. The molecule has 0 atom stereocenters. The van der Waals surface area contributed by atoms with Crippen molar-refractivity contribution in [3.05, 3.63) is 59.4 Å². The first-order valence-corrected chi connectivity index (χ1v) is 7.61. The monoisotopic (exact) mass is 328 g/mol. The number of esters is 1. The molecule has 1 aromatic carbocycles. The molecule has 126 valence electrons. The number of pyridine rings is 1. The van der Waals surface area contributed by atoms with E-state index in [2.05, 4.69) is 10.3 Å². The molecule has 0 saturated heterocycles. The molecule has 0 aliphatic carbocycles. The lowest BCUT2D eigenvalue weighted by molar-refractivity contribution is -0.145. The molecule has 0 spiro atoms.